The maximum atomic E-state index is 13.5. The molecular formula is C19H10F2N4O. The van der Waals surface area contributed by atoms with Crippen LogP contribution in [0.1, 0.15) is 0 Å². The molecule has 0 amide bonds. The zero-order chi connectivity index (χ0) is 17.8. The Morgan fingerprint density at radius 3 is 2.62 bits per heavy atom. The second-order valence-electron chi connectivity index (χ2n) is 5.88. The SMILES string of the molecule is O=c1c2cnc3nc4ccccc4n3c2ccn1-c1ccc(F)c(F)c1. The Hall–Kier alpha value is -3.61. The monoisotopic (exact) mass is 348 g/mol. The van der Waals surface area contributed by atoms with E-state index < -0.39 is 11.6 Å². The van der Waals surface area contributed by atoms with E-state index in [1.807, 2.05) is 28.7 Å². The summed E-state index contributed by atoms with van der Waals surface area (Å²) in [6.07, 6.45) is 2.99. The van der Waals surface area contributed by atoms with Crippen LogP contribution in [0, 0.1) is 11.6 Å². The van der Waals surface area contributed by atoms with Crippen LogP contribution in [-0.2, 0) is 0 Å². The molecule has 5 nitrogen and oxygen atoms in total. The largest absolute Gasteiger partial charge is 0.284 e. The number of para-hydroxylation sites is 2. The third-order valence-corrected chi connectivity index (χ3v) is 4.38. The van der Waals surface area contributed by atoms with Gasteiger partial charge in [0.05, 0.1) is 27.6 Å². The number of halogens is 2. The molecule has 26 heavy (non-hydrogen) atoms. The molecule has 0 fully saturated rings. The number of nitrogens with zero attached hydrogens (tertiary/aromatic N) is 4. The molecule has 0 aliphatic rings. The molecule has 0 bridgehead atoms. The summed E-state index contributed by atoms with van der Waals surface area (Å²) in [5.41, 5.74) is 2.13. The maximum Gasteiger partial charge on any atom is 0.266 e. The molecule has 0 N–H and O–H groups in total. The van der Waals surface area contributed by atoms with Crippen LogP contribution in [0.4, 0.5) is 8.78 Å². The van der Waals surface area contributed by atoms with Gasteiger partial charge in [-0.15, -0.1) is 0 Å². The van der Waals surface area contributed by atoms with Crippen molar-refractivity contribution in [3.05, 3.63) is 82.9 Å². The third-order valence-electron chi connectivity index (χ3n) is 4.38. The highest BCUT2D eigenvalue weighted by molar-refractivity contribution is 5.88. The summed E-state index contributed by atoms with van der Waals surface area (Å²) in [7, 11) is 0. The van der Waals surface area contributed by atoms with Gasteiger partial charge in [0, 0.05) is 18.5 Å². The first-order chi connectivity index (χ1) is 12.6. The van der Waals surface area contributed by atoms with E-state index in [2.05, 4.69) is 9.97 Å². The highest BCUT2D eigenvalue weighted by Crippen LogP contribution is 2.20. The van der Waals surface area contributed by atoms with Crippen molar-refractivity contribution in [3.8, 4) is 5.69 Å². The van der Waals surface area contributed by atoms with E-state index in [1.165, 1.54) is 23.0 Å². The van der Waals surface area contributed by atoms with Crippen LogP contribution in [-0.4, -0.2) is 18.9 Å². The maximum absolute atomic E-state index is 13.5. The van der Waals surface area contributed by atoms with Crippen molar-refractivity contribution >= 4 is 27.7 Å². The van der Waals surface area contributed by atoms with Gasteiger partial charge in [0.25, 0.3) is 5.56 Å². The van der Waals surface area contributed by atoms with Crippen LogP contribution >= 0.6 is 0 Å². The lowest BCUT2D eigenvalue weighted by Gasteiger charge is -2.09. The van der Waals surface area contributed by atoms with Gasteiger partial charge in [0.1, 0.15) is 0 Å². The van der Waals surface area contributed by atoms with E-state index in [9.17, 15) is 13.6 Å². The predicted octanol–water partition coefficient (Wildman–Crippen LogP) is 3.46. The first-order valence-corrected chi connectivity index (χ1v) is 7.86. The number of hydrogen-bond donors (Lipinski definition) is 0. The van der Waals surface area contributed by atoms with E-state index >= 15 is 0 Å². The fourth-order valence-corrected chi connectivity index (χ4v) is 3.16. The van der Waals surface area contributed by atoms with Crippen molar-refractivity contribution in [3.63, 3.8) is 0 Å². The molecular weight excluding hydrogens is 338 g/mol. The van der Waals surface area contributed by atoms with Gasteiger partial charge in [-0.05, 0) is 30.3 Å². The summed E-state index contributed by atoms with van der Waals surface area (Å²) < 4.78 is 29.8. The Balaban J connectivity index is 1.86. The Morgan fingerprint density at radius 1 is 0.923 bits per heavy atom. The van der Waals surface area contributed by atoms with Crippen molar-refractivity contribution < 1.29 is 8.78 Å². The van der Waals surface area contributed by atoms with Gasteiger partial charge in [-0.1, -0.05) is 12.1 Å². The lowest BCUT2D eigenvalue weighted by Crippen LogP contribution is -2.19. The molecule has 0 spiro atoms. The molecule has 0 aliphatic heterocycles. The smallest absolute Gasteiger partial charge is 0.266 e. The predicted molar refractivity (Wildman–Crippen MR) is 93.5 cm³/mol. The minimum absolute atomic E-state index is 0.242. The molecule has 3 heterocycles. The molecule has 0 aliphatic carbocycles. The average Bonchev–Trinajstić information content (AvgIpc) is 3.03. The van der Waals surface area contributed by atoms with Crippen LogP contribution in [0.3, 0.4) is 0 Å². The Kier molecular flexibility index (Phi) is 2.94. The lowest BCUT2D eigenvalue weighted by atomic mass is 10.2. The average molecular weight is 348 g/mol. The number of aromatic nitrogens is 4. The van der Waals surface area contributed by atoms with Crippen molar-refractivity contribution in [2.75, 3.05) is 0 Å². The Labute approximate surface area is 144 Å². The second kappa shape index (κ2) is 5.19. The standard InChI is InChI=1S/C19H10F2N4O/c20-13-6-5-11(9-14(13)21)24-8-7-16-12(18(24)26)10-22-19-23-15-3-1-2-4-17(15)25(16)19/h1-10H. The number of imidazole rings is 1. The lowest BCUT2D eigenvalue weighted by molar-refractivity contribution is 0.508. The van der Waals surface area contributed by atoms with Gasteiger partial charge in [-0.3, -0.25) is 13.8 Å². The molecule has 5 aromatic rings. The molecule has 3 aromatic heterocycles. The minimum atomic E-state index is -1.01. The zero-order valence-electron chi connectivity index (χ0n) is 13.2. The summed E-state index contributed by atoms with van der Waals surface area (Å²) in [5, 5.41) is 0.355. The van der Waals surface area contributed by atoms with Crippen molar-refractivity contribution in [2.24, 2.45) is 0 Å². The minimum Gasteiger partial charge on any atom is -0.284 e. The molecule has 2 aromatic carbocycles. The molecule has 0 atom stereocenters. The van der Waals surface area contributed by atoms with Crippen LogP contribution in [0.2, 0.25) is 0 Å². The molecule has 0 radical (unpaired) electrons. The van der Waals surface area contributed by atoms with E-state index in [-0.39, 0.29) is 11.2 Å². The Bertz CT molecular complexity index is 1390. The molecule has 0 saturated heterocycles. The van der Waals surface area contributed by atoms with E-state index in [0.29, 0.717) is 16.7 Å². The summed E-state index contributed by atoms with van der Waals surface area (Å²) >= 11 is 0. The van der Waals surface area contributed by atoms with Gasteiger partial charge in [-0.2, -0.15) is 0 Å². The summed E-state index contributed by atoms with van der Waals surface area (Å²) in [4.78, 5) is 21.6. The van der Waals surface area contributed by atoms with Gasteiger partial charge in [-0.25, -0.2) is 18.7 Å². The number of fused-ring (bicyclic) bond motifs is 5. The van der Waals surface area contributed by atoms with Gasteiger partial charge in [0.2, 0.25) is 5.78 Å². The molecule has 7 heteroatoms. The van der Waals surface area contributed by atoms with Crippen LogP contribution in [0.15, 0.2) is 65.7 Å². The summed E-state index contributed by atoms with van der Waals surface area (Å²) in [6.45, 7) is 0. The quantitative estimate of drug-likeness (QED) is 0.466. The first-order valence-electron chi connectivity index (χ1n) is 7.86. The van der Waals surface area contributed by atoms with Gasteiger partial charge >= 0.3 is 0 Å². The number of pyridine rings is 1. The zero-order valence-corrected chi connectivity index (χ0v) is 13.2. The van der Waals surface area contributed by atoms with Gasteiger partial charge in [0.15, 0.2) is 11.6 Å². The number of rotatable bonds is 1. The molecule has 5 rings (SSSR count). The van der Waals surface area contributed by atoms with Gasteiger partial charge < -0.3 is 0 Å². The third kappa shape index (κ3) is 1.97. The number of hydrogen-bond acceptors (Lipinski definition) is 3. The first kappa shape index (κ1) is 14.7. The Morgan fingerprint density at radius 2 is 1.77 bits per heavy atom. The van der Waals surface area contributed by atoms with Crippen molar-refractivity contribution in [1.29, 1.82) is 0 Å². The van der Waals surface area contributed by atoms with Crippen molar-refractivity contribution in [2.45, 2.75) is 0 Å². The van der Waals surface area contributed by atoms with Crippen LogP contribution in [0.5, 0.6) is 0 Å². The molecule has 0 unspecified atom stereocenters. The van der Waals surface area contributed by atoms with Crippen molar-refractivity contribution in [1.82, 2.24) is 18.9 Å². The highest BCUT2D eigenvalue weighted by Gasteiger charge is 2.13. The van der Waals surface area contributed by atoms with E-state index in [0.717, 1.165) is 23.2 Å². The molecule has 126 valence electrons. The van der Waals surface area contributed by atoms with E-state index in [4.69, 9.17) is 0 Å². The number of benzene rings is 2. The summed E-state index contributed by atoms with van der Waals surface area (Å²) in [5.74, 6) is -1.48. The fraction of sp³-hybridized carbons (Fsp3) is 0. The van der Waals surface area contributed by atoms with E-state index in [1.54, 1.807) is 6.07 Å². The fourth-order valence-electron chi connectivity index (χ4n) is 3.16. The normalized spacial score (nSPS) is 11.6. The van der Waals surface area contributed by atoms with Crippen LogP contribution < -0.4 is 5.56 Å². The van der Waals surface area contributed by atoms with Crippen LogP contribution in [0.25, 0.3) is 33.4 Å². The second-order valence-corrected chi connectivity index (χ2v) is 5.88. The summed E-state index contributed by atoms with van der Waals surface area (Å²) in [6, 6.07) is 12.6. The topological polar surface area (TPSA) is 52.2 Å². The molecule has 0 saturated carbocycles. The highest BCUT2D eigenvalue weighted by atomic mass is 19.2.